The monoisotopic (exact) mass is 620 g/mol. The summed E-state index contributed by atoms with van der Waals surface area (Å²) in [4.78, 5) is 22.0. The molecule has 3 aromatic carbocycles. The molecule has 0 radical (unpaired) electrons. The summed E-state index contributed by atoms with van der Waals surface area (Å²) in [6.45, 7) is 6.62. The molecule has 1 aliphatic rings. The fourth-order valence-corrected chi connectivity index (χ4v) is 5.81. The molecule has 0 aliphatic carbocycles. The topological polar surface area (TPSA) is 97.2 Å². The molecule has 228 valence electrons. The van der Waals surface area contributed by atoms with E-state index in [4.69, 9.17) is 11.6 Å². The van der Waals surface area contributed by atoms with Gasteiger partial charge in [0, 0.05) is 54.2 Å². The van der Waals surface area contributed by atoms with E-state index in [1.807, 2.05) is 43.3 Å². The second kappa shape index (κ2) is 11.9. The van der Waals surface area contributed by atoms with Crippen molar-refractivity contribution in [2.45, 2.75) is 32.0 Å². The van der Waals surface area contributed by atoms with Gasteiger partial charge < -0.3 is 14.9 Å². The van der Waals surface area contributed by atoms with Crippen molar-refractivity contribution in [1.82, 2.24) is 29.1 Å². The molecular formula is C31H31ClF2N8O2. The van der Waals surface area contributed by atoms with Crippen molar-refractivity contribution in [2.75, 3.05) is 36.0 Å². The van der Waals surface area contributed by atoms with E-state index in [9.17, 15) is 18.7 Å². The normalized spacial score (nSPS) is 15.8. The van der Waals surface area contributed by atoms with E-state index in [0.29, 0.717) is 11.8 Å². The second-order valence-corrected chi connectivity index (χ2v) is 11.4. The molecule has 1 saturated heterocycles. The van der Waals surface area contributed by atoms with Crippen LogP contribution in [0.4, 0.5) is 20.2 Å². The molecule has 0 unspecified atom stereocenters. The Kier molecular flexibility index (Phi) is 7.95. The van der Waals surface area contributed by atoms with Crippen LogP contribution in [-0.2, 0) is 12.1 Å². The highest BCUT2D eigenvalue weighted by atomic mass is 35.5. The van der Waals surface area contributed by atoms with Crippen LogP contribution in [0.15, 0.2) is 84.4 Å². The summed E-state index contributed by atoms with van der Waals surface area (Å²) >= 11 is 6.33. The van der Waals surface area contributed by atoms with E-state index >= 15 is 0 Å². The molecule has 0 amide bonds. The SMILES string of the molecule is Cc1ccc(N2CCN(c3ccc(-n4cnn([C@@H](C)[C@@](O)(Cn5cncn5)c5ccc(F)cc5F)c4=O)cc3)CC2)cc1Cl. The van der Waals surface area contributed by atoms with Crippen molar-refractivity contribution in [3.05, 3.63) is 118 Å². The first-order valence-electron chi connectivity index (χ1n) is 14.2. The first kappa shape index (κ1) is 29.5. The molecule has 0 bridgehead atoms. The first-order chi connectivity index (χ1) is 21.1. The summed E-state index contributed by atoms with van der Waals surface area (Å²) < 4.78 is 32.5. The highest BCUT2D eigenvalue weighted by molar-refractivity contribution is 6.31. The Hall–Kier alpha value is -4.55. The third kappa shape index (κ3) is 5.58. The number of nitrogens with zero attached hydrogens (tertiary/aromatic N) is 8. The molecule has 6 rings (SSSR count). The van der Waals surface area contributed by atoms with E-state index in [1.54, 1.807) is 6.92 Å². The lowest BCUT2D eigenvalue weighted by Crippen LogP contribution is -2.46. The van der Waals surface area contributed by atoms with Crippen molar-refractivity contribution in [3.8, 4) is 5.69 Å². The molecule has 13 heteroatoms. The van der Waals surface area contributed by atoms with Crippen LogP contribution in [0.3, 0.4) is 0 Å². The van der Waals surface area contributed by atoms with Gasteiger partial charge in [-0.3, -0.25) is 0 Å². The molecule has 1 aliphatic heterocycles. The predicted octanol–water partition coefficient (Wildman–Crippen LogP) is 4.34. The Morgan fingerprint density at radius 1 is 0.909 bits per heavy atom. The van der Waals surface area contributed by atoms with Crippen LogP contribution in [0, 0.1) is 18.6 Å². The number of piperazine rings is 1. The zero-order valence-corrected chi connectivity index (χ0v) is 24.9. The number of aromatic nitrogens is 6. The maximum atomic E-state index is 15.0. The molecule has 5 aromatic rings. The van der Waals surface area contributed by atoms with Crippen molar-refractivity contribution in [2.24, 2.45) is 0 Å². The van der Waals surface area contributed by atoms with Crippen LogP contribution in [0.2, 0.25) is 5.02 Å². The summed E-state index contributed by atoms with van der Waals surface area (Å²) in [7, 11) is 0. The van der Waals surface area contributed by atoms with Crippen LogP contribution in [-0.4, -0.2) is 60.4 Å². The second-order valence-electron chi connectivity index (χ2n) is 11.0. The Balaban J connectivity index is 1.21. The van der Waals surface area contributed by atoms with E-state index in [-0.39, 0.29) is 12.1 Å². The summed E-state index contributed by atoms with van der Waals surface area (Å²) in [6, 6.07) is 15.5. The zero-order valence-electron chi connectivity index (χ0n) is 24.2. The highest BCUT2D eigenvalue weighted by Crippen LogP contribution is 2.36. The van der Waals surface area contributed by atoms with E-state index in [0.717, 1.165) is 65.0 Å². The first-order valence-corrected chi connectivity index (χ1v) is 14.5. The zero-order chi connectivity index (χ0) is 31.0. The lowest BCUT2D eigenvalue weighted by atomic mass is 9.86. The molecule has 10 nitrogen and oxygen atoms in total. The molecule has 1 fully saturated rings. The minimum absolute atomic E-state index is 0.196. The molecule has 2 aromatic heterocycles. The fourth-order valence-electron chi connectivity index (χ4n) is 5.63. The third-order valence-corrected chi connectivity index (χ3v) is 8.72. The number of aliphatic hydroxyl groups is 1. The molecule has 2 atom stereocenters. The van der Waals surface area contributed by atoms with Crippen LogP contribution in [0.25, 0.3) is 5.69 Å². The Morgan fingerprint density at radius 3 is 2.20 bits per heavy atom. The van der Waals surface area contributed by atoms with Crippen molar-refractivity contribution in [3.63, 3.8) is 0 Å². The quantitative estimate of drug-likeness (QED) is 0.276. The number of anilines is 2. The summed E-state index contributed by atoms with van der Waals surface area (Å²) in [5, 5.41) is 20.9. The third-order valence-electron chi connectivity index (χ3n) is 8.31. The molecule has 0 spiro atoms. The summed E-state index contributed by atoms with van der Waals surface area (Å²) in [5.74, 6) is -1.74. The van der Waals surface area contributed by atoms with Gasteiger partial charge in [0.1, 0.15) is 36.2 Å². The Labute approximate surface area is 257 Å². The van der Waals surface area contributed by atoms with Gasteiger partial charge >= 0.3 is 5.69 Å². The van der Waals surface area contributed by atoms with Crippen LogP contribution in [0.5, 0.6) is 0 Å². The standard InChI is InChI=1S/C31H31ClF2N8O2/c1-21-3-5-26(16-28(21)32)39-13-11-38(12-14-39)24-6-8-25(9-7-24)41-20-37-42(30(41)43)22(2)31(44,17-40-19-35-18-36-40)27-10-4-23(33)15-29(27)34/h3-10,15-16,18-20,22,44H,11-14,17H2,1-2H3/t22-,31-/m0/s1. The van der Waals surface area contributed by atoms with Crippen LogP contribution in [0.1, 0.15) is 24.1 Å². The number of halogens is 3. The van der Waals surface area contributed by atoms with Crippen LogP contribution < -0.4 is 15.5 Å². The minimum atomic E-state index is -2.02. The number of hydrogen-bond acceptors (Lipinski definition) is 7. The van der Waals surface area contributed by atoms with Gasteiger partial charge in [0.2, 0.25) is 0 Å². The number of benzene rings is 3. The van der Waals surface area contributed by atoms with E-state index in [2.05, 4.69) is 31.0 Å². The van der Waals surface area contributed by atoms with Crippen molar-refractivity contribution in [1.29, 1.82) is 0 Å². The van der Waals surface area contributed by atoms with Crippen molar-refractivity contribution >= 4 is 23.0 Å². The maximum Gasteiger partial charge on any atom is 0.350 e. The average molecular weight is 621 g/mol. The molecule has 3 heterocycles. The smallest absolute Gasteiger partial charge is 0.350 e. The van der Waals surface area contributed by atoms with Gasteiger partial charge in [0.15, 0.2) is 0 Å². The van der Waals surface area contributed by atoms with Gasteiger partial charge in [-0.2, -0.15) is 10.2 Å². The highest BCUT2D eigenvalue weighted by Gasteiger charge is 2.42. The lowest BCUT2D eigenvalue weighted by Gasteiger charge is -2.37. The average Bonchev–Trinajstić information content (AvgIpc) is 3.67. The Morgan fingerprint density at radius 2 is 1.57 bits per heavy atom. The van der Waals surface area contributed by atoms with E-state index < -0.39 is 29.0 Å². The summed E-state index contributed by atoms with van der Waals surface area (Å²) in [6.07, 6.45) is 3.99. The lowest BCUT2D eigenvalue weighted by molar-refractivity contribution is -0.0381. The van der Waals surface area contributed by atoms with Gasteiger partial charge in [-0.05, 0) is 61.9 Å². The van der Waals surface area contributed by atoms with Gasteiger partial charge in [-0.1, -0.05) is 23.7 Å². The molecule has 0 saturated carbocycles. The number of aryl methyl sites for hydroxylation is 1. The van der Waals surface area contributed by atoms with E-state index in [1.165, 1.54) is 28.2 Å². The molecule has 1 N–H and O–H groups in total. The van der Waals surface area contributed by atoms with Crippen LogP contribution >= 0.6 is 11.6 Å². The van der Waals surface area contributed by atoms with Crippen molar-refractivity contribution < 1.29 is 13.9 Å². The van der Waals surface area contributed by atoms with Gasteiger partial charge in [-0.15, -0.1) is 0 Å². The van der Waals surface area contributed by atoms with Gasteiger partial charge in [0.25, 0.3) is 0 Å². The Bertz CT molecular complexity index is 1820. The minimum Gasteiger partial charge on any atom is -0.381 e. The fraction of sp³-hybridized carbons (Fsp3) is 0.290. The predicted molar refractivity (Wildman–Crippen MR) is 163 cm³/mol. The van der Waals surface area contributed by atoms with Gasteiger partial charge in [0.05, 0.1) is 18.3 Å². The molecular weight excluding hydrogens is 590 g/mol. The molecule has 44 heavy (non-hydrogen) atoms. The van der Waals surface area contributed by atoms with Gasteiger partial charge in [-0.25, -0.2) is 32.5 Å². The number of hydrogen-bond donors (Lipinski definition) is 1. The largest absolute Gasteiger partial charge is 0.381 e. The maximum absolute atomic E-state index is 15.0. The number of rotatable bonds is 8. The summed E-state index contributed by atoms with van der Waals surface area (Å²) in [5.41, 5.74) is 1.02.